The molecule has 1 heterocycles. The fourth-order valence-corrected chi connectivity index (χ4v) is 1.36. The van der Waals surface area contributed by atoms with E-state index in [0.29, 0.717) is 4.88 Å². The van der Waals surface area contributed by atoms with Gasteiger partial charge in [0.2, 0.25) is 0 Å². The molecule has 1 rings (SSSR count). The van der Waals surface area contributed by atoms with E-state index in [0.717, 1.165) is 0 Å². The highest BCUT2D eigenvalue weighted by Crippen LogP contribution is 2.25. The lowest BCUT2D eigenvalue weighted by Crippen LogP contribution is -2.04. The minimum atomic E-state index is -2.77. The summed E-state index contributed by atoms with van der Waals surface area (Å²) in [6.45, 7) is -2.53. The summed E-state index contributed by atoms with van der Waals surface area (Å²) in [5.74, 6) is 0.188. The Morgan fingerprint density at radius 3 is 2.91 bits per heavy atom. The van der Waals surface area contributed by atoms with Crippen LogP contribution in [-0.4, -0.2) is 6.61 Å². The number of hydrogen-bond acceptors (Lipinski definition) is 3. The molecule has 5 heteroatoms. The minimum Gasteiger partial charge on any atom is -0.434 e. The summed E-state index contributed by atoms with van der Waals surface area (Å²) < 4.78 is 27.5. The van der Waals surface area contributed by atoms with Crippen molar-refractivity contribution in [1.29, 1.82) is 0 Å². The van der Waals surface area contributed by atoms with Gasteiger partial charge >= 0.3 is 6.61 Å². The molecule has 0 aliphatic carbocycles. The van der Waals surface area contributed by atoms with Crippen molar-refractivity contribution >= 4 is 11.3 Å². The highest BCUT2D eigenvalue weighted by molar-refractivity contribution is 7.10. The monoisotopic (exact) mass is 179 g/mol. The zero-order valence-electron chi connectivity index (χ0n) is 5.59. The van der Waals surface area contributed by atoms with Crippen LogP contribution in [0.15, 0.2) is 11.4 Å². The van der Waals surface area contributed by atoms with Crippen LogP contribution in [-0.2, 0) is 6.54 Å². The number of thiophene rings is 1. The molecular weight excluding hydrogens is 172 g/mol. The maximum Gasteiger partial charge on any atom is 0.387 e. The average Bonchev–Trinajstić information content (AvgIpc) is 2.34. The number of nitrogens with two attached hydrogens (primary N) is 1. The smallest absolute Gasteiger partial charge is 0.387 e. The quantitative estimate of drug-likeness (QED) is 0.768. The molecule has 0 spiro atoms. The molecule has 2 N–H and O–H groups in total. The predicted octanol–water partition coefficient (Wildman–Crippen LogP) is 1.81. The highest BCUT2D eigenvalue weighted by Gasteiger charge is 2.08. The molecular formula is C6H7F2NOS. The molecule has 0 bridgehead atoms. The van der Waals surface area contributed by atoms with Crippen molar-refractivity contribution in [3.8, 4) is 5.75 Å². The number of rotatable bonds is 3. The van der Waals surface area contributed by atoms with E-state index in [1.165, 1.54) is 17.4 Å². The second kappa shape index (κ2) is 3.64. The summed E-state index contributed by atoms with van der Waals surface area (Å²) in [6, 6.07) is 1.49. The van der Waals surface area contributed by atoms with Crippen LogP contribution >= 0.6 is 11.3 Å². The van der Waals surface area contributed by atoms with Gasteiger partial charge in [-0.1, -0.05) is 0 Å². The average molecular weight is 179 g/mol. The fraction of sp³-hybridized carbons (Fsp3) is 0.333. The lowest BCUT2D eigenvalue weighted by molar-refractivity contribution is -0.0500. The van der Waals surface area contributed by atoms with E-state index in [2.05, 4.69) is 4.74 Å². The lowest BCUT2D eigenvalue weighted by Gasteiger charge is -2.02. The molecule has 1 aromatic rings. The van der Waals surface area contributed by atoms with E-state index < -0.39 is 6.61 Å². The van der Waals surface area contributed by atoms with Crippen LogP contribution in [0, 0.1) is 0 Å². The Balaban J connectivity index is 2.68. The van der Waals surface area contributed by atoms with Gasteiger partial charge in [0.25, 0.3) is 0 Å². The van der Waals surface area contributed by atoms with Gasteiger partial charge in [-0.25, -0.2) is 0 Å². The number of alkyl halides is 2. The second-order valence-corrected chi connectivity index (χ2v) is 2.79. The molecule has 2 nitrogen and oxygen atoms in total. The summed E-state index contributed by atoms with van der Waals surface area (Å²) in [7, 11) is 0. The van der Waals surface area contributed by atoms with Gasteiger partial charge in [0.05, 0.1) is 4.88 Å². The third kappa shape index (κ3) is 2.13. The fourth-order valence-electron chi connectivity index (χ4n) is 0.679. The zero-order valence-corrected chi connectivity index (χ0v) is 6.41. The van der Waals surface area contributed by atoms with Crippen LogP contribution in [0.5, 0.6) is 5.75 Å². The van der Waals surface area contributed by atoms with Crippen molar-refractivity contribution in [3.05, 3.63) is 16.3 Å². The first-order chi connectivity index (χ1) is 5.24. The molecule has 0 unspecified atom stereocenters. The van der Waals surface area contributed by atoms with Crippen LogP contribution in [0.2, 0.25) is 0 Å². The molecule has 0 saturated carbocycles. The summed E-state index contributed by atoms with van der Waals surface area (Å²) in [6.07, 6.45) is 0. The zero-order chi connectivity index (χ0) is 8.27. The standard InChI is InChI=1S/C6H7F2NOS/c7-6(8)10-4-1-2-11-5(4)3-9/h1-2,6H,3,9H2. The molecule has 0 fully saturated rings. The molecule has 0 amide bonds. The topological polar surface area (TPSA) is 35.2 Å². The summed E-state index contributed by atoms with van der Waals surface area (Å²) in [5.41, 5.74) is 5.26. The first-order valence-electron chi connectivity index (χ1n) is 2.95. The molecule has 0 aliphatic heterocycles. The van der Waals surface area contributed by atoms with Crippen molar-refractivity contribution in [2.75, 3.05) is 0 Å². The van der Waals surface area contributed by atoms with Crippen LogP contribution in [0.1, 0.15) is 4.88 Å². The minimum absolute atomic E-state index is 0.188. The molecule has 0 aliphatic rings. The van der Waals surface area contributed by atoms with Gasteiger partial charge in [0.1, 0.15) is 5.75 Å². The molecule has 0 radical (unpaired) electrons. The van der Waals surface area contributed by atoms with Crippen LogP contribution in [0.3, 0.4) is 0 Å². The normalized spacial score (nSPS) is 10.5. The first kappa shape index (κ1) is 8.42. The first-order valence-corrected chi connectivity index (χ1v) is 3.83. The van der Waals surface area contributed by atoms with Crippen molar-refractivity contribution in [2.24, 2.45) is 5.73 Å². The van der Waals surface area contributed by atoms with E-state index in [-0.39, 0.29) is 12.3 Å². The molecule has 1 aromatic heterocycles. The van der Waals surface area contributed by atoms with Crippen molar-refractivity contribution in [3.63, 3.8) is 0 Å². The predicted molar refractivity (Wildman–Crippen MR) is 38.8 cm³/mol. The number of ether oxygens (including phenoxy) is 1. The molecule has 62 valence electrons. The van der Waals surface area contributed by atoms with Gasteiger partial charge in [-0.2, -0.15) is 8.78 Å². The Morgan fingerprint density at radius 2 is 2.36 bits per heavy atom. The van der Waals surface area contributed by atoms with Gasteiger partial charge in [0, 0.05) is 6.54 Å². The van der Waals surface area contributed by atoms with Gasteiger partial charge < -0.3 is 10.5 Å². The van der Waals surface area contributed by atoms with Crippen molar-refractivity contribution in [1.82, 2.24) is 0 Å². The maximum atomic E-state index is 11.7. The summed E-state index contributed by atoms with van der Waals surface area (Å²) in [4.78, 5) is 0.644. The molecule has 11 heavy (non-hydrogen) atoms. The number of halogens is 2. The Hall–Kier alpha value is -0.680. The van der Waals surface area contributed by atoms with Gasteiger partial charge in [-0.05, 0) is 11.4 Å². The second-order valence-electron chi connectivity index (χ2n) is 1.79. The maximum absolute atomic E-state index is 11.7. The van der Waals surface area contributed by atoms with E-state index >= 15 is 0 Å². The van der Waals surface area contributed by atoms with E-state index in [1.807, 2.05) is 0 Å². The Morgan fingerprint density at radius 1 is 1.64 bits per heavy atom. The molecule has 0 aromatic carbocycles. The largest absolute Gasteiger partial charge is 0.434 e. The van der Waals surface area contributed by atoms with Crippen LogP contribution < -0.4 is 10.5 Å². The highest BCUT2D eigenvalue weighted by atomic mass is 32.1. The van der Waals surface area contributed by atoms with Crippen molar-refractivity contribution < 1.29 is 13.5 Å². The third-order valence-electron chi connectivity index (χ3n) is 1.11. The Bertz CT molecular complexity index is 226. The third-order valence-corrected chi connectivity index (χ3v) is 2.03. The lowest BCUT2D eigenvalue weighted by atomic mass is 10.4. The Kier molecular flexibility index (Phi) is 2.78. The van der Waals surface area contributed by atoms with Crippen molar-refractivity contribution in [2.45, 2.75) is 13.2 Å². The van der Waals surface area contributed by atoms with Gasteiger partial charge in [-0.15, -0.1) is 11.3 Å². The molecule has 0 saturated heterocycles. The summed E-state index contributed by atoms with van der Waals surface area (Å²) >= 11 is 1.31. The van der Waals surface area contributed by atoms with Crippen LogP contribution in [0.25, 0.3) is 0 Å². The van der Waals surface area contributed by atoms with E-state index in [1.54, 1.807) is 5.38 Å². The summed E-state index contributed by atoms with van der Waals surface area (Å²) in [5, 5.41) is 1.67. The van der Waals surface area contributed by atoms with E-state index in [9.17, 15) is 8.78 Å². The molecule has 0 atom stereocenters. The van der Waals surface area contributed by atoms with Gasteiger partial charge in [-0.3, -0.25) is 0 Å². The van der Waals surface area contributed by atoms with Gasteiger partial charge in [0.15, 0.2) is 0 Å². The van der Waals surface area contributed by atoms with E-state index in [4.69, 9.17) is 5.73 Å². The number of hydrogen-bond donors (Lipinski definition) is 1. The SMILES string of the molecule is NCc1sccc1OC(F)F. The Labute approximate surface area is 66.6 Å². The van der Waals surface area contributed by atoms with Crippen LogP contribution in [0.4, 0.5) is 8.78 Å².